The summed E-state index contributed by atoms with van der Waals surface area (Å²) in [5.41, 5.74) is 5.54. The van der Waals surface area contributed by atoms with E-state index < -0.39 is 0 Å². The number of ketones is 1. The van der Waals surface area contributed by atoms with Gasteiger partial charge in [0.15, 0.2) is 5.76 Å². The highest BCUT2D eigenvalue weighted by Crippen LogP contribution is 2.32. The molecule has 6 nitrogen and oxygen atoms in total. The normalized spacial score (nSPS) is 16.7. The van der Waals surface area contributed by atoms with Crippen LogP contribution in [0.3, 0.4) is 0 Å². The summed E-state index contributed by atoms with van der Waals surface area (Å²) >= 11 is 6.13. The van der Waals surface area contributed by atoms with Crippen molar-refractivity contribution >= 4 is 34.0 Å². The molecule has 0 fully saturated rings. The highest BCUT2D eigenvalue weighted by molar-refractivity contribution is 6.46. The van der Waals surface area contributed by atoms with Crippen molar-refractivity contribution in [3.8, 4) is 16.8 Å². The molecule has 0 saturated carbocycles. The third-order valence-corrected chi connectivity index (χ3v) is 5.00. The van der Waals surface area contributed by atoms with Gasteiger partial charge in [-0.1, -0.05) is 23.7 Å². The Kier molecular flexibility index (Phi) is 3.42. The summed E-state index contributed by atoms with van der Waals surface area (Å²) in [5.74, 6) is -0.107. The number of rotatable bonds is 1. The van der Waals surface area contributed by atoms with Crippen molar-refractivity contribution in [3.05, 3.63) is 71.1 Å². The second-order valence-corrected chi connectivity index (χ2v) is 6.60. The third kappa shape index (κ3) is 2.30. The molecule has 0 saturated heterocycles. The Labute approximate surface area is 158 Å². The fourth-order valence-corrected chi connectivity index (χ4v) is 3.67. The molecule has 1 aliphatic carbocycles. The summed E-state index contributed by atoms with van der Waals surface area (Å²) in [5, 5.41) is 4.16. The number of nitrogens with zero attached hydrogens (tertiary/aromatic N) is 3. The molecular weight excluding hydrogens is 364 g/mol. The van der Waals surface area contributed by atoms with E-state index in [1.807, 2.05) is 35.1 Å². The van der Waals surface area contributed by atoms with Gasteiger partial charge in [-0.3, -0.25) is 19.6 Å². The van der Waals surface area contributed by atoms with Crippen LogP contribution in [0.15, 0.2) is 65.9 Å². The van der Waals surface area contributed by atoms with Gasteiger partial charge in [-0.15, -0.1) is 0 Å². The second-order valence-electron chi connectivity index (χ2n) is 6.19. The van der Waals surface area contributed by atoms with Gasteiger partial charge in [0.25, 0.3) is 0 Å². The molecule has 5 rings (SSSR count). The molecule has 0 radical (unpaired) electrons. The molecule has 4 aliphatic rings. The summed E-state index contributed by atoms with van der Waals surface area (Å²) in [6.07, 6.45) is 8.63. The highest BCUT2D eigenvalue weighted by atomic mass is 35.5. The first-order valence-corrected chi connectivity index (χ1v) is 8.64. The Morgan fingerprint density at radius 2 is 2.04 bits per heavy atom. The Morgan fingerprint density at radius 3 is 2.89 bits per heavy atom. The number of carbonyl (C=O) groups is 1. The molecule has 1 N–H and O–H groups in total. The number of fused-ring (bicyclic) bond motifs is 2. The molecular formula is C20H13ClN4O2. The standard InChI is InChI=1S/C20H13ClN4O2/c1-27-17-7-12(6-15(21)20(17)26)14-4-5-16-18-11(8-23-19(14)18)2-3-13-9-22-10-24-25(13)16/h2-10H,1H3,(H,22,24)/b14-12+. The average Bonchev–Trinajstić information content (AvgIpc) is 3.04. The molecule has 0 atom stereocenters. The van der Waals surface area contributed by atoms with Gasteiger partial charge in [-0.25, -0.2) is 4.98 Å². The number of aromatic amines is 1. The van der Waals surface area contributed by atoms with Gasteiger partial charge in [-0.05, 0) is 29.9 Å². The van der Waals surface area contributed by atoms with E-state index in [1.165, 1.54) is 7.11 Å². The number of carbonyl (C=O) groups excluding carboxylic acids is 1. The fraction of sp³-hybridized carbons (Fsp3) is 0.0500. The average molecular weight is 377 g/mol. The first kappa shape index (κ1) is 15.8. The maximum absolute atomic E-state index is 12.0. The quantitative estimate of drug-likeness (QED) is 0.554. The van der Waals surface area contributed by atoms with Crippen molar-refractivity contribution in [3.63, 3.8) is 0 Å². The van der Waals surface area contributed by atoms with E-state index in [1.54, 1.807) is 24.7 Å². The van der Waals surface area contributed by atoms with Crippen LogP contribution in [0, 0.1) is 0 Å². The number of nitrogens with one attached hydrogen (secondary N) is 1. The number of allylic oxidation sites excluding steroid dienone is 3. The smallest absolute Gasteiger partial charge is 0.238 e. The number of H-pyrrole nitrogens is 1. The maximum Gasteiger partial charge on any atom is 0.238 e. The van der Waals surface area contributed by atoms with Gasteiger partial charge >= 0.3 is 0 Å². The lowest BCUT2D eigenvalue weighted by molar-refractivity contribution is -0.114. The number of benzene rings is 1. The number of hydrogen-bond acceptors (Lipinski definition) is 4. The zero-order chi connectivity index (χ0) is 18.5. The topological polar surface area (TPSA) is 72.8 Å². The van der Waals surface area contributed by atoms with Crippen molar-refractivity contribution in [1.29, 1.82) is 0 Å². The van der Waals surface area contributed by atoms with E-state index in [-0.39, 0.29) is 16.6 Å². The first-order valence-electron chi connectivity index (χ1n) is 8.27. The minimum absolute atomic E-state index is 0.122. The summed E-state index contributed by atoms with van der Waals surface area (Å²) in [6.45, 7) is 0. The van der Waals surface area contributed by atoms with Crippen LogP contribution in [-0.4, -0.2) is 32.6 Å². The second kappa shape index (κ2) is 5.82. The number of hydrogen-bond donors (Lipinski definition) is 1. The van der Waals surface area contributed by atoms with Crippen LogP contribution in [0.4, 0.5) is 0 Å². The zero-order valence-corrected chi connectivity index (χ0v) is 15.0. The van der Waals surface area contributed by atoms with E-state index in [0.717, 1.165) is 38.6 Å². The third-order valence-electron chi connectivity index (χ3n) is 4.72. The Balaban J connectivity index is 1.91. The number of aromatic nitrogens is 4. The number of halogens is 1. The Hall–Kier alpha value is -3.38. The van der Waals surface area contributed by atoms with E-state index in [9.17, 15) is 4.79 Å². The summed E-state index contributed by atoms with van der Waals surface area (Å²) in [6, 6.07) is 8.00. The van der Waals surface area contributed by atoms with Crippen LogP contribution in [-0.2, 0) is 9.53 Å². The zero-order valence-electron chi connectivity index (χ0n) is 14.2. The summed E-state index contributed by atoms with van der Waals surface area (Å²) in [7, 11) is 1.46. The lowest BCUT2D eigenvalue weighted by atomic mass is 10.00. The van der Waals surface area contributed by atoms with Gasteiger partial charge in [-0.2, -0.15) is 0 Å². The Morgan fingerprint density at radius 1 is 1.15 bits per heavy atom. The Bertz CT molecular complexity index is 1290. The molecule has 3 heterocycles. The van der Waals surface area contributed by atoms with Gasteiger partial charge in [0.1, 0.15) is 6.33 Å². The van der Waals surface area contributed by atoms with Gasteiger partial charge in [0.2, 0.25) is 5.78 Å². The van der Waals surface area contributed by atoms with Crippen molar-refractivity contribution in [2.75, 3.05) is 7.11 Å². The van der Waals surface area contributed by atoms with Crippen LogP contribution in [0.2, 0.25) is 0 Å². The molecule has 7 heteroatoms. The molecule has 0 aromatic heterocycles. The van der Waals surface area contributed by atoms with Crippen molar-refractivity contribution in [2.45, 2.75) is 0 Å². The summed E-state index contributed by atoms with van der Waals surface area (Å²) in [4.78, 5) is 20.8. The van der Waals surface area contributed by atoms with Crippen LogP contribution in [0.25, 0.3) is 33.4 Å². The van der Waals surface area contributed by atoms with Crippen molar-refractivity contribution in [1.82, 2.24) is 19.7 Å². The molecule has 1 aromatic carbocycles. The van der Waals surface area contributed by atoms with E-state index >= 15 is 0 Å². The SMILES string of the molecule is COC1=C/C(=c2\ccc3c4c2ncc-4ccc2cnc[nH]n3-2)C=C(Cl)C1=O. The molecule has 1 aromatic rings. The number of ether oxygens (including phenoxy) is 1. The van der Waals surface area contributed by atoms with E-state index in [2.05, 4.69) is 15.1 Å². The lowest BCUT2D eigenvalue weighted by Gasteiger charge is -2.12. The minimum atomic E-state index is -0.320. The number of Topliss-reactive ketones (excluding diaryl/α,β-unsaturated/α-hetero) is 1. The molecule has 0 bridgehead atoms. The van der Waals surface area contributed by atoms with E-state index in [0.29, 0.717) is 0 Å². The van der Waals surface area contributed by atoms with E-state index in [4.69, 9.17) is 16.3 Å². The number of methoxy groups -OCH3 is 1. The van der Waals surface area contributed by atoms with Crippen LogP contribution < -0.4 is 5.22 Å². The summed E-state index contributed by atoms with van der Waals surface area (Å²) < 4.78 is 7.14. The highest BCUT2D eigenvalue weighted by Gasteiger charge is 2.21. The first-order chi connectivity index (χ1) is 13.2. The predicted molar refractivity (Wildman–Crippen MR) is 102 cm³/mol. The molecule has 0 unspecified atom stereocenters. The molecule has 0 spiro atoms. The monoisotopic (exact) mass is 376 g/mol. The lowest BCUT2D eigenvalue weighted by Crippen LogP contribution is -2.14. The fourth-order valence-electron chi connectivity index (χ4n) is 3.46. The van der Waals surface area contributed by atoms with Crippen LogP contribution in [0.1, 0.15) is 0 Å². The molecule has 3 aliphatic heterocycles. The van der Waals surface area contributed by atoms with Gasteiger partial charge in [0, 0.05) is 22.5 Å². The molecule has 132 valence electrons. The maximum atomic E-state index is 12.0. The molecule has 0 amide bonds. The predicted octanol–water partition coefficient (Wildman–Crippen LogP) is 2.96. The van der Waals surface area contributed by atoms with Crippen LogP contribution in [0.5, 0.6) is 0 Å². The van der Waals surface area contributed by atoms with Gasteiger partial charge in [0.05, 0.1) is 35.1 Å². The molecule has 27 heavy (non-hydrogen) atoms. The largest absolute Gasteiger partial charge is 0.493 e. The van der Waals surface area contributed by atoms with Crippen LogP contribution >= 0.6 is 11.6 Å². The minimum Gasteiger partial charge on any atom is -0.493 e. The van der Waals surface area contributed by atoms with Gasteiger partial charge < -0.3 is 4.74 Å². The van der Waals surface area contributed by atoms with Crippen molar-refractivity contribution < 1.29 is 9.53 Å². The van der Waals surface area contributed by atoms with Crippen molar-refractivity contribution in [2.24, 2.45) is 0 Å².